The van der Waals surface area contributed by atoms with Crippen LogP contribution in [0.5, 0.6) is 0 Å². The van der Waals surface area contributed by atoms with Crippen molar-refractivity contribution in [3.05, 3.63) is 24.3 Å². The fourth-order valence-corrected chi connectivity index (χ4v) is 0.749. The highest BCUT2D eigenvalue weighted by molar-refractivity contribution is 7.80. The lowest BCUT2D eigenvalue weighted by Gasteiger charge is -1.94. The molecule has 0 bridgehead atoms. The predicted molar refractivity (Wildman–Crippen MR) is 42.5 cm³/mol. The lowest BCUT2D eigenvalue weighted by molar-refractivity contribution is 1.07. The molecule has 1 heterocycles. The average molecular weight is 153 g/mol. The molecule has 0 aliphatic heterocycles. The molecule has 1 aromatic rings. The van der Waals surface area contributed by atoms with Crippen molar-refractivity contribution in [1.82, 2.24) is 9.97 Å². The van der Waals surface area contributed by atoms with E-state index >= 15 is 0 Å². The number of aromatic nitrogens is 2. The monoisotopic (exact) mass is 153 g/mol. The molecule has 1 rings (SSSR count). The molecule has 10 heavy (non-hydrogen) atoms. The predicted octanol–water partition coefficient (Wildman–Crippen LogP) is 0.305. The van der Waals surface area contributed by atoms with Crippen molar-refractivity contribution in [2.45, 2.75) is 6.42 Å². The Morgan fingerprint density at radius 3 is 3.00 bits per heavy atom. The second-order valence-corrected chi connectivity index (χ2v) is 2.37. The normalized spacial score (nSPS) is 9.20. The van der Waals surface area contributed by atoms with E-state index in [1.54, 1.807) is 12.3 Å². The quantitative estimate of drug-likeness (QED) is 0.621. The summed E-state index contributed by atoms with van der Waals surface area (Å²) >= 11 is 4.69. The molecule has 0 unspecified atom stereocenters. The first kappa shape index (κ1) is 7.08. The van der Waals surface area contributed by atoms with Crippen LogP contribution in [0, 0.1) is 0 Å². The van der Waals surface area contributed by atoms with E-state index in [4.69, 9.17) is 18.0 Å². The van der Waals surface area contributed by atoms with Gasteiger partial charge in [-0.15, -0.1) is 0 Å². The molecular formula is C6H7N3S. The van der Waals surface area contributed by atoms with Crippen molar-refractivity contribution in [2.75, 3.05) is 0 Å². The summed E-state index contributed by atoms with van der Waals surface area (Å²) in [7, 11) is 0. The fourth-order valence-electron chi connectivity index (χ4n) is 0.601. The molecule has 0 aliphatic carbocycles. The minimum atomic E-state index is 0.457. The van der Waals surface area contributed by atoms with Gasteiger partial charge in [-0.3, -0.25) is 0 Å². The van der Waals surface area contributed by atoms with Crippen LogP contribution in [0.25, 0.3) is 0 Å². The zero-order valence-electron chi connectivity index (χ0n) is 5.32. The van der Waals surface area contributed by atoms with Crippen molar-refractivity contribution in [2.24, 2.45) is 5.73 Å². The lowest BCUT2D eigenvalue weighted by atomic mass is 10.3. The molecule has 0 aliphatic rings. The molecule has 0 atom stereocenters. The van der Waals surface area contributed by atoms with Crippen LogP contribution in [0.1, 0.15) is 5.69 Å². The molecule has 2 N–H and O–H groups in total. The van der Waals surface area contributed by atoms with Crippen LogP contribution < -0.4 is 5.73 Å². The van der Waals surface area contributed by atoms with Crippen LogP contribution in [0.2, 0.25) is 0 Å². The van der Waals surface area contributed by atoms with Crippen molar-refractivity contribution in [3.63, 3.8) is 0 Å². The van der Waals surface area contributed by atoms with Crippen LogP contribution in [0.4, 0.5) is 0 Å². The van der Waals surface area contributed by atoms with E-state index < -0.39 is 0 Å². The Labute approximate surface area is 64.3 Å². The van der Waals surface area contributed by atoms with Crippen LogP contribution in [-0.2, 0) is 6.42 Å². The SMILES string of the molecule is NC(=S)Cc1ccncn1. The lowest BCUT2D eigenvalue weighted by Crippen LogP contribution is -2.11. The van der Waals surface area contributed by atoms with Crippen molar-refractivity contribution in [3.8, 4) is 0 Å². The first-order valence-electron chi connectivity index (χ1n) is 2.82. The molecule has 1 aromatic heterocycles. The summed E-state index contributed by atoms with van der Waals surface area (Å²) in [6, 6.07) is 1.79. The van der Waals surface area contributed by atoms with Crippen LogP contribution in [0.3, 0.4) is 0 Å². The molecule has 0 spiro atoms. The number of rotatable bonds is 2. The summed E-state index contributed by atoms with van der Waals surface area (Å²) in [5.74, 6) is 0. The van der Waals surface area contributed by atoms with Gasteiger partial charge in [-0.25, -0.2) is 9.97 Å². The second-order valence-electron chi connectivity index (χ2n) is 1.84. The number of nitrogens with zero attached hydrogens (tertiary/aromatic N) is 2. The number of hydrogen-bond donors (Lipinski definition) is 1. The van der Waals surface area contributed by atoms with Crippen molar-refractivity contribution in [1.29, 1.82) is 0 Å². The van der Waals surface area contributed by atoms with E-state index in [2.05, 4.69) is 9.97 Å². The van der Waals surface area contributed by atoms with Gasteiger partial charge >= 0.3 is 0 Å². The summed E-state index contributed by atoms with van der Waals surface area (Å²) in [6.45, 7) is 0. The number of hydrogen-bond acceptors (Lipinski definition) is 3. The number of nitrogens with two attached hydrogens (primary N) is 1. The van der Waals surface area contributed by atoms with E-state index in [1.165, 1.54) is 6.33 Å². The Balaban J connectivity index is 2.67. The zero-order chi connectivity index (χ0) is 7.40. The Bertz CT molecular complexity index is 222. The molecule has 3 nitrogen and oxygen atoms in total. The van der Waals surface area contributed by atoms with Gasteiger partial charge in [0, 0.05) is 12.6 Å². The summed E-state index contributed by atoms with van der Waals surface area (Å²) in [5.41, 5.74) is 6.16. The fraction of sp³-hybridized carbons (Fsp3) is 0.167. The largest absolute Gasteiger partial charge is 0.393 e. The first-order chi connectivity index (χ1) is 4.79. The van der Waals surface area contributed by atoms with Gasteiger partial charge in [0.25, 0.3) is 0 Å². The Hall–Kier alpha value is -1.03. The van der Waals surface area contributed by atoms with Gasteiger partial charge < -0.3 is 5.73 Å². The Morgan fingerprint density at radius 2 is 2.50 bits per heavy atom. The second kappa shape index (κ2) is 3.22. The van der Waals surface area contributed by atoms with Crippen LogP contribution in [-0.4, -0.2) is 15.0 Å². The minimum absolute atomic E-state index is 0.457. The maximum Gasteiger partial charge on any atom is 0.115 e. The molecule has 0 saturated carbocycles. The molecule has 0 saturated heterocycles. The van der Waals surface area contributed by atoms with Crippen LogP contribution in [0.15, 0.2) is 18.6 Å². The Kier molecular flexibility index (Phi) is 2.28. The van der Waals surface area contributed by atoms with E-state index in [-0.39, 0.29) is 0 Å². The highest BCUT2D eigenvalue weighted by Crippen LogP contribution is 1.91. The van der Waals surface area contributed by atoms with Gasteiger partial charge in [-0.05, 0) is 6.07 Å². The van der Waals surface area contributed by atoms with Gasteiger partial charge in [0.15, 0.2) is 0 Å². The van der Waals surface area contributed by atoms with E-state index in [9.17, 15) is 0 Å². The molecule has 0 fully saturated rings. The summed E-state index contributed by atoms with van der Waals surface area (Å²) in [4.78, 5) is 8.15. The molecular weight excluding hydrogens is 146 g/mol. The third-order valence-corrected chi connectivity index (χ3v) is 1.14. The van der Waals surface area contributed by atoms with E-state index in [1.807, 2.05) is 0 Å². The standard InChI is InChI=1S/C6H7N3S/c7-6(10)3-5-1-2-8-4-9-5/h1-2,4H,3H2,(H2,7,10). The van der Waals surface area contributed by atoms with Gasteiger partial charge in [0.2, 0.25) is 0 Å². The third-order valence-electron chi connectivity index (χ3n) is 0.999. The molecule has 0 aromatic carbocycles. The van der Waals surface area contributed by atoms with Crippen LogP contribution >= 0.6 is 12.2 Å². The maximum atomic E-state index is 5.30. The highest BCUT2D eigenvalue weighted by Gasteiger charge is 1.93. The smallest absolute Gasteiger partial charge is 0.115 e. The average Bonchev–Trinajstić information content (AvgIpc) is 1.88. The van der Waals surface area contributed by atoms with Gasteiger partial charge in [0.05, 0.1) is 10.7 Å². The highest BCUT2D eigenvalue weighted by atomic mass is 32.1. The maximum absolute atomic E-state index is 5.30. The zero-order valence-corrected chi connectivity index (χ0v) is 6.14. The summed E-state index contributed by atoms with van der Waals surface area (Å²) in [5, 5.41) is 0. The van der Waals surface area contributed by atoms with E-state index in [0.717, 1.165) is 5.69 Å². The summed E-state index contributed by atoms with van der Waals surface area (Å²) < 4.78 is 0. The van der Waals surface area contributed by atoms with Gasteiger partial charge in [0.1, 0.15) is 6.33 Å². The minimum Gasteiger partial charge on any atom is -0.393 e. The summed E-state index contributed by atoms with van der Waals surface area (Å²) in [6.07, 6.45) is 3.70. The first-order valence-corrected chi connectivity index (χ1v) is 3.23. The molecule has 0 radical (unpaired) electrons. The van der Waals surface area contributed by atoms with Crippen molar-refractivity contribution < 1.29 is 0 Å². The van der Waals surface area contributed by atoms with Gasteiger partial charge in [-0.1, -0.05) is 12.2 Å². The molecule has 0 amide bonds. The van der Waals surface area contributed by atoms with Crippen molar-refractivity contribution >= 4 is 17.2 Å². The topological polar surface area (TPSA) is 51.8 Å². The van der Waals surface area contributed by atoms with Gasteiger partial charge in [-0.2, -0.15) is 0 Å². The number of thiocarbonyl (C=S) groups is 1. The molecule has 52 valence electrons. The van der Waals surface area contributed by atoms with E-state index in [0.29, 0.717) is 11.4 Å². The molecule has 4 heteroatoms. The third kappa shape index (κ3) is 2.06. The Morgan fingerprint density at radius 1 is 1.70 bits per heavy atom.